The highest BCUT2D eigenvalue weighted by molar-refractivity contribution is 6.14. The molecule has 12 rings (SSSR count). The second-order valence-corrected chi connectivity index (χ2v) is 15.7. The summed E-state index contributed by atoms with van der Waals surface area (Å²) in [6, 6.07) is 82.9. The zero-order chi connectivity index (χ0) is 40.3. The molecule has 0 unspecified atom stereocenters. The Morgan fingerprint density at radius 1 is 0.344 bits per heavy atom. The van der Waals surface area contributed by atoms with E-state index in [1.54, 1.807) is 0 Å². The average Bonchev–Trinajstić information content (AvgIpc) is 3.88. The van der Waals surface area contributed by atoms with E-state index in [1.165, 1.54) is 43.7 Å². The predicted octanol–water partition coefficient (Wildman–Crippen LogP) is 16.3. The lowest BCUT2D eigenvalue weighted by Crippen LogP contribution is -2.11. The van der Waals surface area contributed by atoms with E-state index in [4.69, 9.17) is 4.42 Å². The second kappa shape index (κ2) is 14.3. The van der Waals surface area contributed by atoms with Gasteiger partial charge in [-0.1, -0.05) is 164 Å². The molecule has 0 fully saturated rings. The molecular formula is C58H38N2O. The van der Waals surface area contributed by atoms with Crippen molar-refractivity contribution in [3.63, 3.8) is 0 Å². The van der Waals surface area contributed by atoms with Gasteiger partial charge in [0.05, 0.1) is 33.5 Å². The van der Waals surface area contributed by atoms with Gasteiger partial charge < -0.3 is 13.9 Å². The van der Waals surface area contributed by atoms with E-state index >= 15 is 0 Å². The standard InChI is InChI=1S/C58H38N2O/c1-2-16-41-38-44(32-31-39(41)15-1)47-20-3-8-24-51(47)59(55-28-14-30-57-58(55)50-23-7-12-29-56(50)61-57)45-35-33-40(34-36-45)42-17-13-18-43(37-42)46-19-4-9-25-52(46)60-53-26-10-5-21-48(53)49-22-6-11-27-54(49)60/h1-38H. The molecule has 0 aliphatic carbocycles. The van der Waals surface area contributed by atoms with E-state index in [-0.39, 0.29) is 0 Å². The van der Waals surface area contributed by atoms with Gasteiger partial charge in [0.1, 0.15) is 11.2 Å². The molecule has 0 saturated heterocycles. The van der Waals surface area contributed by atoms with E-state index in [2.05, 4.69) is 234 Å². The molecule has 61 heavy (non-hydrogen) atoms. The van der Waals surface area contributed by atoms with Crippen LogP contribution in [0, 0.1) is 0 Å². The molecule has 0 aliphatic rings. The molecule has 12 aromatic rings. The number of benzene rings is 10. The minimum Gasteiger partial charge on any atom is -0.456 e. The molecule has 0 bridgehead atoms. The summed E-state index contributed by atoms with van der Waals surface area (Å²) in [4.78, 5) is 2.40. The number of rotatable bonds is 7. The van der Waals surface area contributed by atoms with E-state index in [1.807, 2.05) is 6.07 Å². The molecule has 0 atom stereocenters. The smallest absolute Gasteiger partial charge is 0.137 e. The van der Waals surface area contributed by atoms with Gasteiger partial charge in [-0.25, -0.2) is 0 Å². The van der Waals surface area contributed by atoms with Gasteiger partial charge in [0.15, 0.2) is 0 Å². The lowest BCUT2D eigenvalue weighted by Gasteiger charge is -2.28. The van der Waals surface area contributed by atoms with E-state index in [9.17, 15) is 0 Å². The minimum absolute atomic E-state index is 0.863. The fourth-order valence-electron chi connectivity index (χ4n) is 9.38. The highest BCUT2D eigenvalue weighted by Gasteiger charge is 2.22. The van der Waals surface area contributed by atoms with Crippen molar-refractivity contribution in [2.75, 3.05) is 4.90 Å². The lowest BCUT2D eigenvalue weighted by molar-refractivity contribution is 0.669. The number of hydrogen-bond acceptors (Lipinski definition) is 2. The third-order valence-electron chi connectivity index (χ3n) is 12.2. The number of hydrogen-bond donors (Lipinski definition) is 0. The molecular weight excluding hydrogens is 741 g/mol. The van der Waals surface area contributed by atoms with Crippen LogP contribution in [-0.4, -0.2) is 4.57 Å². The topological polar surface area (TPSA) is 21.3 Å². The highest BCUT2D eigenvalue weighted by atomic mass is 16.3. The summed E-state index contributed by atoms with van der Waals surface area (Å²) in [5, 5.41) is 7.14. The molecule has 0 radical (unpaired) electrons. The average molecular weight is 779 g/mol. The lowest BCUT2D eigenvalue weighted by atomic mass is 9.97. The second-order valence-electron chi connectivity index (χ2n) is 15.7. The summed E-state index contributed by atoms with van der Waals surface area (Å²) in [6.07, 6.45) is 0. The first-order valence-electron chi connectivity index (χ1n) is 20.8. The van der Waals surface area contributed by atoms with Gasteiger partial charge in [-0.3, -0.25) is 0 Å². The van der Waals surface area contributed by atoms with Crippen LogP contribution < -0.4 is 4.90 Å². The van der Waals surface area contributed by atoms with Crippen molar-refractivity contribution in [2.45, 2.75) is 0 Å². The van der Waals surface area contributed by atoms with Gasteiger partial charge >= 0.3 is 0 Å². The van der Waals surface area contributed by atoms with Gasteiger partial charge in [-0.2, -0.15) is 0 Å². The molecule has 3 heteroatoms. The molecule has 2 heterocycles. The first-order valence-corrected chi connectivity index (χ1v) is 20.8. The van der Waals surface area contributed by atoms with Gasteiger partial charge in [0.2, 0.25) is 0 Å². The third kappa shape index (κ3) is 5.82. The highest BCUT2D eigenvalue weighted by Crippen LogP contribution is 2.46. The summed E-state index contributed by atoms with van der Waals surface area (Å²) in [7, 11) is 0. The molecule has 0 N–H and O–H groups in total. The van der Waals surface area contributed by atoms with Crippen LogP contribution in [0.15, 0.2) is 235 Å². The number of anilines is 3. The van der Waals surface area contributed by atoms with Crippen LogP contribution in [0.2, 0.25) is 0 Å². The van der Waals surface area contributed by atoms with Crippen molar-refractivity contribution in [1.29, 1.82) is 0 Å². The van der Waals surface area contributed by atoms with Crippen molar-refractivity contribution >= 4 is 71.6 Å². The Morgan fingerprint density at radius 3 is 1.74 bits per heavy atom. The Kier molecular flexibility index (Phi) is 8.17. The van der Waals surface area contributed by atoms with Gasteiger partial charge in [0, 0.05) is 33.0 Å². The number of para-hydroxylation sites is 5. The zero-order valence-corrected chi connectivity index (χ0v) is 33.2. The predicted molar refractivity (Wildman–Crippen MR) is 257 cm³/mol. The summed E-state index contributed by atoms with van der Waals surface area (Å²) >= 11 is 0. The zero-order valence-electron chi connectivity index (χ0n) is 33.2. The molecule has 10 aromatic carbocycles. The van der Waals surface area contributed by atoms with Crippen molar-refractivity contribution in [1.82, 2.24) is 4.57 Å². The quantitative estimate of drug-likeness (QED) is 0.161. The first-order chi connectivity index (χ1) is 30.3. The number of nitrogens with zero attached hydrogens (tertiary/aromatic N) is 2. The van der Waals surface area contributed by atoms with Crippen LogP contribution in [0.5, 0.6) is 0 Å². The molecule has 2 aromatic heterocycles. The molecule has 3 nitrogen and oxygen atoms in total. The van der Waals surface area contributed by atoms with Crippen LogP contribution in [0.1, 0.15) is 0 Å². The third-order valence-corrected chi connectivity index (χ3v) is 12.2. The van der Waals surface area contributed by atoms with Crippen molar-refractivity contribution < 1.29 is 4.42 Å². The molecule has 0 saturated carbocycles. The van der Waals surface area contributed by atoms with Gasteiger partial charge in [0.25, 0.3) is 0 Å². The molecule has 0 aliphatic heterocycles. The normalized spacial score (nSPS) is 11.6. The summed E-state index contributed by atoms with van der Waals surface area (Å²) in [5.74, 6) is 0. The fourth-order valence-corrected chi connectivity index (χ4v) is 9.38. The van der Waals surface area contributed by atoms with Crippen LogP contribution in [-0.2, 0) is 0 Å². The molecule has 286 valence electrons. The Balaban J connectivity index is 0.991. The molecule has 0 amide bonds. The largest absolute Gasteiger partial charge is 0.456 e. The summed E-state index contributed by atoms with van der Waals surface area (Å²) in [5.41, 5.74) is 15.5. The Hall–Kier alpha value is -8.14. The maximum atomic E-state index is 6.45. The van der Waals surface area contributed by atoms with Gasteiger partial charge in [-0.15, -0.1) is 0 Å². The number of furan rings is 1. The van der Waals surface area contributed by atoms with Crippen molar-refractivity contribution in [3.8, 4) is 39.1 Å². The number of fused-ring (bicyclic) bond motifs is 7. The Bertz CT molecular complexity index is 3560. The van der Waals surface area contributed by atoms with Crippen molar-refractivity contribution in [3.05, 3.63) is 231 Å². The number of aromatic nitrogens is 1. The van der Waals surface area contributed by atoms with Crippen LogP contribution >= 0.6 is 0 Å². The monoisotopic (exact) mass is 778 g/mol. The Morgan fingerprint density at radius 2 is 0.918 bits per heavy atom. The Labute approximate surface area is 353 Å². The van der Waals surface area contributed by atoms with Crippen molar-refractivity contribution in [2.24, 2.45) is 0 Å². The van der Waals surface area contributed by atoms with E-state index < -0.39 is 0 Å². The van der Waals surface area contributed by atoms with E-state index in [0.29, 0.717) is 0 Å². The van der Waals surface area contributed by atoms with Crippen LogP contribution in [0.3, 0.4) is 0 Å². The van der Waals surface area contributed by atoms with Crippen LogP contribution in [0.4, 0.5) is 17.1 Å². The summed E-state index contributed by atoms with van der Waals surface area (Å²) in [6.45, 7) is 0. The molecule has 0 spiro atoms. The first kappa shape index (κ1) is 34.9. The SMILES string of the molecule is c1cc(-c2ccc(N(c3ccccc3-c3ccc4ccccc4c3)c3cccc4oc5ccccc5c34)cc2)cc(-c2ccccc2-n2c3ccccc3c3ccccc32)c1. The van der Waals surface area contributed by atoms with Gasteiger partial charge in [-0.05, 0) is 99.8 Å². The maximum Gasteiger partial charge on any atom is 0.137 e. The van der Waals surface area contributed by atoms with Crippen LogP contribution in [0.25, 0.3) is 93.6 Å². The maximum absolute atomic E-state index is 6.45. The van der Waals surface area contributed by atoms with E-state index in [0.717, 1.165) is 66.9 Å². The minimum atomic E-state index is 0.863. The fraction of sp³-hybridized carbons (Fsp3) is 0. The summed E-state index contributed by atoms with van der Waals surface area (Å²) < 4.78 is 8.86.